The monoisotopic (exact) mass is 492 g/mol. The first kappa shape index (κ1) is 26.1. The fourth-order valence-electron chi connectivity index (χ4n) is 3.76. The van der Waals surface area contributed by atoms with Crippen molar-refractivity contribution < 1.29 is 18.0 Å². The van der Waals surface area contributed by atoms with Crippen molar-refractivity contribution in [1.82, 2.24) is 15.3 Å². The molecule has 1 N–H and O–H groups in total. The maximum Gasteiger partial charge on any atom is 0.416 e. The molecule has 1 amide bonds. The number of rotatable bonds is 11. The minimum absolute atomic E-state index is 0.116. The zero-order chi connectivity index (χ0) is 24.6. The molecule has 2 aromatic rings. The minimum Gasteiger partial charge on any atom is -0.356 e. The molecule has 1 saturated heterocycles. The number of alkyl halides is 3. The smallest absolute Gasteiger partial charge is 0.356 e. The van der Waals surface area contributed by atoms with E-state index >= 15 is 0 Å². The summed E-state index contributed by atoms with van der Waals surface area (Å²) in [6.07, 6.45) is 3.17. The van der Waals surface area contributed by atoms with Crippen LogP contribution in [0.4, 0.5) is 19.0 Å². The molecule has 1 aromatic heterocycles. The van der Waals surface area contributed by atoms with Gasteiger partial charge in [-0.2, -0.15) is 13.2 Å². The Bertz CT molecular complexity index is 973. The number of hydrogen-bond acceptors (Lipinski definition) is 5. The Labute approximate surface area is 203 Å². The zero-order valence-electron chi connectivity index (χ0n) is 19.5. The first-order valence-corrected chi connectivity index (χ1v) is 12.7. The normalized spacial score (nSPS) is 13.8. The zero-order valence-corrected chi connectivity index (χ0v) is 20.3. The fourth-order valence-corrected chi connectivity index (χ4v) is 4.80. The lowest BCUT2D eigenvalue weighted by Gasteiger charge is -2.22. The average molecular weight is 493 g/mol. The molecule has 9 heteroatoms. The molecule has 34 heavy (non-hydrogen) atoms. The Kier molecular flexibility index (Phi) is 9.38. The van der Waals surface area contributed by atoms with Crippen LogP contribution in [-0.4, -0.2) is 34.7 Å². The van der Waals surface area contributed by atoms with Crippen LogP contribution in [0.1, 0.15) is 66.3 Å². The molecule has 184 valence electrons. The summed E-state index contributed by atoms with van der Waals surface area (Å²) in [6, 6.07) is 4.82. The van der Waals surface area contributed by atoms with E-state index in [1.807, 2.05) is 0 Å². The number of carbonyl (C=O) groups is 1. The van der Waals surface area contributed by atoms with Crippen LogP contribution in [0.2, 0.25) is 0 Å². The van der Waals surface area contributed by atoms with Gasteiger partial charge in [-0.15, -0.1) is 18.3 Å². The van der Waals surface area contributed by atoms with Crippen LogP contribution in [0.3, 0.4) is 0 Å². The highest BCUT2D eigenvalue weighted by Crippen LogP contribution is 2.32. The number of amides is 1. The maximum absolute atomic E-state index is 13.4. The average Bonchev–Trinajstić information content (AvgIpc) is 3.35. The predicted molar refractivity (Wildman–Crippen MR) is 130 cm³/mol. The first-order valence-electron chi connectivity index (χ1n) is 11.7. The van der Waals surface area contributed by atoms with Crippen LogP contribution in [-0.2, 0) is 19.1 Å². The number of benzene rings is 1. The van der Waals surface area contributed by atoms with Gasteiger partial charge < -0.3 is 10.2 Å². The number of halogens is 3. The lowest BCUT2D eigenvalue weighted by atomic mass is 10.1. The highest BCUT2D eigenvalue weighted by molar-refractivity contribution is 7.99. The molecule has 1 aromatic carbocycles. The second kappa shape index (κ2) is 12.2. The summed E-state index contributed by atoms with van der Waals surface area (Å²) in [6.45, 7) is 7.70. The number of allylic oxidation sites excluding steroid dienone is 1. The van der Waals surface area contributed by atoms with Gasteiger partial charge in [-0.25, -0.2) is 9.97 Å². The van der Waals surface area contributed by atoms with Gasteiger partial charge in [0, 0.05) is 26.1 Å². The van der Waals surface area contributed by atoms with Crippen LogP contribution in [0.15, 0.2) is 41.9 Å². The maximum atomic E-state index is 13.4. The Hall–Kier alpha value is -2.55. The highest BCUT2D eigenvalue weighted by Gasteiger charge is 2.30. The van der Waals surface area contributed by atoms with Gasteiger partial charge in [0.15, 0.2) is 0 Å². The standard InChI is InChI=1S/C25H31F3N4OS/c1-3-5-8-16-34-24-21(22(32-14-6-7-15-32)30-20(31-24)9-4-2)23(33)29-17-18-10-12-19(13-11-18)25(26,27)28/h4,10-13H,2-3,5-9,14-17H2,1H3,(H,29,33). The van der Waals surface area contributed by atoms with Crippen LogP contribution < -0.4 is 10.2 Å². The molecule has 0 radical (unpaired) electrons. The number of carbonyl (C=O) groups excluding carboxylic acids is 1. The summed E-state index contributed by atoms with van der Waals surface area (Å²) < 4.78 is 38.5. The molecule has 0 bridgehead atoms. The SMILES string of the molecule is C=CCc1nc(SCCCCC)c(C(=O)NCc2ccc(C(F)(F)F)cc2)c(N2CCCC2)n1. The third kappa shape index (κ3) is 6.98. The van der Waals surface area contributed by atoms with E-state index in [1.54, 1.807) is 17.8 Å². The van der Waals surface area contributed by atoms with E-state index < -0.39 is 11.7 Å². The molecule has 0 saturated carbocycles. The molecule has 1 aliphatic heterocycles. The first-order chi connectivity index (χ1) is 16.3. The molecule has 0 unspecified atom stereocenters. The topological polar surface area (TPSA) is 58.1 Å². The molecule has 0 atom stereocenters. The second-order valence-electron chi connectivity index (χ2n) is 8.26. The summed E-state index contributed by atoms with van der Waals surface area (Å²) in [5.41, 5.74) is 0.324. The summed E-state index contributed by atoms with van der Waals surface area (Å²) in [5.74, 6) is 1.79. The Morgan fingerprint density at radius 2 is 1.88 bits per heavy atom. The molecule has 0 aliphatic carbocycles. The minimum atomic E-state index is -4.39. The number of unbranched alkanes of at least 4 members (excludes halogenated alkanes) is 2. The highest BCUT2D eigenvalue weighted by atomic mass is 32.2. The van der Waals surface area contributed by atoms with Crippen molar-refractivity contribution >= 4 is 23.5 Å². The molecular formula is C25H31F3N4OS. The van der Waals surface area contributed by atoms with Crippen molar-refractivity contribution in [3.63, 3.8) is 0 Å². The third-order valence-corrected chi connectivity index (χ3v) is 6.65. The molecule has 3 rings (SSSR count). The molecule has 2 heterocycles. The summed E-state index contributed by atoms with van der Waals surface area (Å²) in [7, 11) is 0. The van der Waals surface area contributed by atoms with Crippen LogP contribution in [0, 0.1) is 0 Å². The van der Waals surface area contributed by atoms with Gasteiger partial charge in [0.25, 0.3) is 5.91 Å². The van der Waals surface area contributed by atoms with Crippen molar-refractivity contribution in [2.24, 2.45) is 0 Å². The number of nitrogens with one attached hydrogen (secondary N) is 1. The number of thioether (sulfide) groups is 1. The number of anilines is 1. The van der Waals surface area contributed by atoms with E-state index in [0.29, 0.717) is 34.2 Å². The van der Waals surface area contributed by atoms with Gasteiger partial charge in [0.1, 0.15) is 22.2 Å². The van der Waals surface area contributed by atoms with Gasteiger partial charge in [-0.05, 0) is 42.7 Å². The molecule has 0 spiro atoms. The summed E-state index contributed by atoms with van der Waals surface area (Å²) in [5, 5.41) is 3.52. The summed E-state index contributed by atoms with van der Waals surface area (Å²) in [4.78, 5) is 24.9. The summed E-state index contributed by atoms with van der Waals surface area (Å²) >= 11 is 1.56. The van der Waals surface area contributed by atoms with Gasteiger partial charge in [0.05, 0.1) is 5.56 Å². The van der Waals surface area contributed by atoms with E-state index in [0.717, 1.165) is 63.1 Å². The lowest BCUT2D eigenvalue weighted by Crippen LogP contribution is -2.29. The fraction of sp³-hybridized carbons (Fsp3) is 0.480. The van der Waals surface area contributed by atoms with E-state index in [9.17, 15) is 18.0 Å². The van der Waals surface area contributed by atoms with Crippen molar-refractivity contribution in [3.05, 3.63) is 59.4 Å². The van der Waals surface area contributed by atoms with Crippen LogP contribution >= 0.6 is 11.8 Å². The van der Waals surface area contributed by atoms with Gasteiger partial charge in [0.2, 0.25) is 0 Å². The van der Waals surface area contributed by atoms with Crippen LogP contribution in [0.25, 0.3) is 0 Å². The predicted octanol–water partition coefficient (Wildman–Crippen LogP) is 6.04. The number of nitrogens with zero attached hydrogens (tertiary/aromatic N) is 3. The van der Waals surface area contributed by atoms with Crippen LogP contribution in [0.5, 0.6) is 0 Å². The van der Waals surface area contributed by atoms with Crippen molar-refractivity contribution in [1.29, 1.82) is 0 Å². The van der Waals surface area contributed by atoms with E-state index in [2.05, 4.69) is 28.7 Å². The van der Waals surface area contributed by atoms with Gasteiger partial charge in [-0.1, -0.05) is 38.0 Å². The third-order valence-electron chi connectivity index (χ3n) is 5.58. The molecule has 5 nitrogen and oxygen atoms in total. The Morgan fingerprint density at radius 3 is 2.50 bits per heavy atom. The number of aromatic nitrogens is 2. The van der Waals surface area contributed by atoms with Crippen molar-refractivity contribution in [2.75, 3.05) is 23.7 Å². The molecule has 1 fully saturated rings. The van der Waals surface area contributed by atoms with Gasteiger partial charge in [-0.3, -0.25) is 4.79 Å². The largest absolute Gasteiger partial charge is 0.416 e. The van der Waals surface area contributed by atoms with E-state index in [-0.39, 0.29) is 12.5 Å². The van der Waals surface area contributed by atoms with Gasteiger partial charge >= 0.3 is 6.18 Å². The van der Waals surface area contributed by atoms with E-state index in [1.165, 1.54) is 12.1 Å². The Balaban J connectivity index is 1.86. The Morgan fingerprint density at radius 1 is 1.18 bits per heavy atom. The van der Waals surface area contributed by atoms with Crippen molar-refractivity contribution in [2.45, 2.75) is 63.2 Å². The number of hydrogen-bond donors (Lipinski definition) is 1. The molecular weight excluding hydrogens is 461 g/mol. The lowest BCUT2D eigenvalue weighted by molar-refractivity contribution is -0.137. The van der Waals surface area contributed by atoms with E-state index in [4.69, 9.17) is 4.98 Å². The molecule has 1 aliphatic rings. The van der Waals surface area contributed by atoms with Crippen molar-refractivity contribution in [3.8, 4) is 0 Å². The second-order valence-corrected chi connectivity index (χ2v) is 9.35. The quantitative estimate of drug-likeness (QED) is 0.179.